The largest absolute Gasteiger partial charge is 0.466 e. The average Bonchev–Trinajstić information content (AvgIpc) is 2.77. The van der Waals surface area contributed by atoms with Crippen LogP contribution in [0.4, 0.5) is 5.69 Å². The maximum Gasteiger partial charge on any atom is 0.106 e. The maximum atomic E-state index is 5.60. The van der Waals surface area contributed by atoms with E-state index in [9.17, 15) is 0 Å². The third-order valence-corrected chi connectivity index (χ3v) is 3.40. The van der Waals surface area contributed by atoms with Crippen molar-refractivity contribution in [1.82, 2.24) is 0 Å². The monoisotopic (exact) mass is 273 g/mol. The number of hydrogen-bond acceptors (Lipinski definition) is 3. The van der Waals surface area contributed by atoms with Crippen LogP contribution in [0.2, 0.25) is 0 Å². The van der Waals surface area contributed by atoms with Gasteiger partial charge >= 0.3 is 0 Å². The molecule has 0 radical (unpaired) electrons. The number of para-hydroxylation sites is 1. The maximum absolute atomic E-state index is 5.60. The fourth-order valence-corrected chi connectivity index (χ4v) is 2.39. The van der Waals surface area contributed by atoms with Gasteiger partial charge < -0.3 is 14.5 Å². The number of rotatable bonds is 6. The van der Waals surface area contributed by atoms with Crippen LogP contribution in [0.1, 0.15) is 42.5 Å². The number of benzene rings is 1. The summed E-state index contributed by atoms with van der Waals surface area (Å²) < 4.78 is 11.1. The molecular formula is C17H23NO2. The Morgan fingerprint density at radius 3 is 2.65 bits per heavy atom. The lowest BCUT2D eigenvalue weighted by Crippen LogP contribution is -2.09. The number of nitrogens with one attached hydrogen (secondary N) is 1. The Labute approximate surface area is 121 Å². The zero-order valence-electron chi connectivity index (χ0n) is 12.7. The highest BCUT2D eigenvalue weighted by Crippen LogP contribution is 2.26. The molecule has 1 aromatic carbocycles. The molecule has 1 atom stereocenters. The quantitative estimate of drug-likeness (QED) is 0.834. The highest BCUT2D eigenvalue weighted by atomic mass is 16.5. The van der Waals surface area contributed by atoms with Crippen LogP contribution in [-0.4, -0.2) is 6.61 Å². The number of anilines is 1. The molecule has 1 unspecified atom stereocenters. The highest BCUT2D eigenvalue weighted by molar-refractivity contribution is 5.52. The van der Waals surface area contributed by atoms with Gasteiger partial charge in [-0.05, 0) is 39.8 Å². The molecule has 2 aromatic rings. The summed E-state index contributed by atoms with van der Waals surface area (Å²) in [5.41, 5.74) is 3.50. The van der Waals surface area contributed by atoms with Crippen molar-refractivity contribution in [2.45, 2.75) is 40.3 Å². The van der Waals surface area contributed by atoms with E-state index in [2.05, 4.69) is 30.4 Å². The van der Waals surface area contributed by atoms with Gasteiger partial charge in [-0.1, -0.05) is 18.2 Å². The summed E-state index contributed by atoms with van der Waals surface area (Å²) in [6.45, 7) is 9.50. The molecular weight excluding hydrogens is 250 g/mol. The van der Waals surface area contributed by atoms with Crippen LogP contribution in [0, 0.1) is 13.8 Å². The second kappa shape index (κ2) is 6.62. The van der Waals surface area contributed by atoms with Crippen molar-refractivity contribution in [3.8, 4) is 0 Å². The van der Waals surface area contributed by atoms with Crippen molar-refractivity contribution >= 4 is 5.69 Å². The molecule has 0 spiro atoms. The molecule has 0 saturated carbocycles. The molecule has 0 bridgehead atoms. The van der Waals surface area contributed by atoms with Gasteiger partial charge in [-0.25, -0.2) is 0 Å². The Bertz CT molecular complexity index is 560. The Morgan fingerprint density at radius 1 is 1.25 bits per heavy atom. The summed E-state index contributed by atoms with van der Waals surface area (Å²) >= 11 is 0. The molecule has 0 saturated heterocycles. The van der Waals surface area contributed by atoms with E-state index in [1.165, 1.54) is 11.1 Å². The van der Waals surface area contributed by atoms with Gasteiger partial charge in [0.05, 0.1) is 12.6 Å². The normalized spacial score (nSPS) is 12.4. The van der Waals surface area contributed by atoms with E-state index in [-0.39, 0.29) is 6.04 Å². The Hall–Kier alpha value is -1.74. The summed E-state index contributed by atoms with van der Waals surface area (Å²) in [5, 5.41) is 3.55. The predicted octanol–water partition coefficient (Wildman–Crippen LogP) is 4.61. The second-order valence-electron chi connectivity index (χ2n) is 5.03. The lowest BCUT2D eigenvalue weighted by molar-refractivity contribution is 0.134. The van der Waals surface area contributed by atoms with Gasteiger partial charge in [0, 0.05) is 23.4 Å². The molecule has 0 aliphatic heterocycles. The second-order valence-corrected chi connectivity index (χ2v) is 5.03. The number of ether oxygens (including phenoxy) is 1. The van der Waals surface area contributed by atoms with Crippen LogP contribution in [0.25, 0.3) is 0 Å². The highest BCUT2D eigenvalue weighted by Gasteiger charge is 2.13. The van der Waals surface area contributed by atoms with Crippen LogP contribution in [0.15, 0.2) is 34.7 Å². The van der Waals surface area contributed by atoms with E-state index < -0.39 is 0 Å². The summed E-state index contributed by atoms with van der Waals surface area (Å²) in [6, 6.07) is 10.6. The number of hydrogen-bond donors (Lipinski definition) is 1. The predicted molar refractivity (Wildman–Crippen MR) is 82.0 cm³/mol. The molecule has 1 heterocycles. The van der Waals surface area contributed by atoms with Crippen LogP contribution in [0.3, 0.4) is 0 Å². The van der Waals surface area contributed by atoms with Gasteiger partial charge in [-0.2, -0.15) is 0 Å². The van der Waals surface area contributed by atoms with Crippen molar-refractivity contribution in [3.05, 3.63) is 53.0 Å². The summed E-state index contributed by atoms with van der Waals surface area (Å²) in [7, 11) is 0. The van der Waals surface area contributed by atoms with E-state index in [1.807, 2.05) is 32.9 Å². The zero-order chi connectivity index (χ0) is 14.5. The first-order valence-corrected chi connectivity index (χ1v) is 7.11. The summed E-state index contributed by atoms with van der Waals surface area (Å²) in [4.78, 5) is 0. The molecule has 0 aliphatic carbocycles. The van der Waals surface area contributed by atoms with Crippen LogP contribution < -0.4 is 5.32 Å². The minimum Gasteiger partial charge on any atom is -0.466 e. The topological polar surface area (TPSA) is 34.4 Å². The van der Waals surface area contributed by atoms with Gasteiger partial charge in [0.25, 0.3) is 0 Å². The first kappa shape index (κ1) is 14.7. The van der Waals surface area contributed by atoms with Crippen LogP contribution in [0.5, 0.6) is 0 Å². The van der Waals surface area contributed by atoms with Gasteiger partial charge in [0.2, 0.25) is 0 Å². The fraction of sp³-hybridized carbons (Fsp3) is 0.412. The third-order valence-electron chi connectivity index (χ3n) is 3.40. The summed E-state index contributed by atoms with van der Waals surface area (Å²) in [6.07, 6.45) is 0. The van der Waals surface area contributed by atoms with Crippen molar-refractivity contribution in [2.24, 2.45) is 0 Å². The lowest BCUT2D eigenvalue weighted by Gasteiger charge is -2.17. The minimum atomic E-state index is 0.204. The molecule has 3 nitrogen and oxygen atoms in total. The molecule has 1 aromatic heterocycles. The Balaban J connectivity index is 2.15. The van der Waals surface area contributed by atoms with E-state index >= 15 is 0 Å². The smallest absolute Gasteiger partial charge is 0.106 e. The Kier molecular flexibility index (Phi) is 4.85. The minimum absolute atomic E-state index is 0.204. The molecule has 2 rings (SSSR count). The standard InChI is InChI=1S/C17H23NO2/c1-5-19-11-15-8-6-7-9-17(15)18-13(3)16-10-12(2)20-14(16)4/h6-10,13,18H,5,11H2,1-4H3. The number of furan rings is 1. The molecule has 1 N–H and O–H groups in total. The molecule has 108 valence electrons. The van der Waals surface area contributed by atoms with E-state index in [1.54, 1.807) is 0 Å². The first-order chi connectivity index (χ1) is 9.61. The van der Waals surface area contributed by atoms with Gasteiger partial charge in [0.1, 0.15) is 11.5 Å². The van der Waals surface area contributed by atoms with E-state index in [0.29, 0.717) is 6.61 Å². The van der Waals surface area contributed by atoms with E-state index in [4.69, 9.17) is 9.15 Å². The SMILES string of the molecule is CCOCc1ccccc1NC(C)c1cc(C)oc1C. The third kappa shape index (κ3) is 3.42. The van der Waals surface area contributed by atoms with Crippen molar-refractivity contribution in [1.29, 1.82) is 0 Å². The fourth-order valence-electron chi connectivity index (χ4n) is 2.39. The molecule has 0 fully saturated rings. The lowest BCUT2D eigenvalue weighted by atomic mass is 10.1. The van der Waals surface area contributed by atoms with Crippen molar-refractivity contribution in [3.63, 3.8) is 0 Å². The number of aryl methyl sites for hydroxylation is 2. The van der Waals surface area contributed by atoms with Crippen LogP contribution in [-0.2, 0) is 11.3 Å². The first-order valence-electron chi connectivity index (χ1n) is 7.11. The zero-order valence-corrected chi connectivity index (χ0v) is 12.7. The van der Waals surface area contributed by atoms with Gasteiger partial charge in [0.15, 0.2) is 0 Å². The van der Waals surface area contributed by atoms with Gasteiger partial charge in [-0.3, -0.25) is 0 Å². The molecule has 3 heteroatoms. The molecule has 0 amide bonds. The Morgan fingerprint density at radius 2 is 2.00 bits per heavy atom. The van der Waals surface area contributed by atoms with Crippen molar-refractivity contribution in [2.75, 3.05) is 11.9 Å². The molecule has 0 aliphatic rings. The van der Waals surface area contributed by atoms with Crippen molar-refractivity contribution < 1.29 is 9.15 Å². The van der Waals surface area contributed by atoms with Gasteiger partial charge in [-0.15, -0.1) is 0 Å². The van der Waals surface area contributed by atoms with E-state index in [0.717, 1.165) is 23.8 Å². The molecule has 20 heavy (non-hydrogen) atoms. The average molecular weight is 273 g/mol. The summed E-state index contributed by atoms with van der Waals surface area (Å²) in [5.74, 6) is 1.93. The van der Waals surface area contributed by atoms with Crippen LogP contribution >= 0.6 is 0 Å².